The van der Waals surface area contributed by atoms with Crippen LogP contribution in [0.1, 0.15) is 13.3 Å². The van der Waals surface area contributed by atoms with E-state index in [2.05, 4.69) is 35.0 Å². The fourth-order valence-electron chi connectivity index (χ4n) is 1.39. The van der Waals surface area contributed by atoms with Crippen molar-refractivity contribution in [3.8, 4) is 0 Å². The van der Waals surface area contributed by atoms with E-state index in [0.29, 0.717) is 12.1 Å². The lowest BCUT2D eigenvalue weighted by Crippen LogP contribution is -2.46. The lowest BCUT2D eigenvalue weighted by atomic mass is 9.95. The average molecular weight is 172 g/mol. The number of ether oxygens (including phenoxy) is 1. The van der Waals surface area contributed by atoms with Gasteiger partial charge in [0.1, 0.15) is 0 Å². The normalized spacial score (nSPS) is 33.7. The van der Waals surface area contributed by atoms with Gasteiger partial charge in [-0.05, 0) is 13.5 Å². The molecule has 0 amide bonds. The summed E-state index contributed by atoms with van der Waals surface area (Å²) in [6, 6.07) is 0.309. The van der Waals surface area contributed by atoms with Crippen LogP contribution in [0.25, 0.3) is 0 Å². The molecular weight excluding hydrogens is 156 g/mol. The van der Waals surface area contributed by atoms with E-state index in [-0.39, 0.29) is 0 Å². The van der Waals surface area contributed by atoms with Crippen molar-refractivity contribution in [2.24, 2.45) is 0 Å². The van der Waals surface area contributed by atoms with Crippen molar-refractivity contribution in [3.05, 3.63) is 0 Å². The Morgan fingerprint density at radius 2 is 2.36 bits per heavy atom. The Labute approximate surface area is 72.1 Å². The van der Waals surface area contributed by atoms with Gasteiger partial charge in [0.2, 0.25) is 0 Å². The zero-order chi connectivity index (χ0) is 8.27. The summed E-state index contributed by atoms with van der Waals surface area (Å²) in [6.45, 7) is 6.33. The molecule has 1 heterocycles. The molecule has 11 heavy (non-hydrogen) atoms. The molecule has 1 aliphatic rings. The topological polar surface area (TPSA) is 12.5 Å². The van der Waals surface area contributed by atoms with Crippen molar-refractivity contribution in [3.63, 3.8) is 0 Å². The van der Waals surface area contributed by atoms with Crippen molar-refractivity contribution < 1.29 is 4.74 Å². The molecule has 0 spiro atoms. The van der Waals surface area contributed by atoms with Crippen LogP contribution in [0.5, 0.6) is 0 Å². The molecule has 63 valence electrons. The summed E-state index contributed by atoms with van der Waals surface area (Å²) < 4.78 is 5.74. The highest BCUT2D eigenvalue weighted by atomic mass is 31.0. The standard InChI is InChI=1S/C7H16BNOP/c1-3-6-4-9(2)5-7(8-11)10-6/h6-7H,3-5,11H2,1-2H3. The molecule has 0 aromatic heterocycles. The van der Waals surface area contributed by atoms with Crippen molar-refractivity contribution >= 4 is 16.1 Å². The highest BCUT2D eigenvalue weighted by molar-refractivity contribution is 7.56. The molecule has 0 aromatic carbocycles. The van der Waals surface area contributed by atoms with Crippen LogP contribution in [-0.2, 0) is 4.74 Å². The number of hydrogen-bond acceptors (Lipinski definition) is 2. The SMILES string of the molecule is CCC1CN(C)CC([B]P)O1. The van der Waals surface area contributed by atoms with Gasteiger partial charge in [0.25, 0.3) is 0 Å². The van der Waals surface area contributed by atoms with E-state index >= 15 is 0 Å². The van der Waals surface area contributed by atoms with Crippen LogP contribution in [-0.4, -0.2) is 44.1 Å². The molecule has 1 fully saturated rings. The van der Waals surface area contributed by atoms with Gasteiger partial charge >= 0.3 is 0 Å². The van der Waals surface area contributed by atoms with E-state index in [0.717, 1.165) is 19.5 Å². The highest BCUT2D eigenvalue weighted by Gasteiger charge is 2.23. The molecule has 0 saturated carbocycles. The largest absolute Gasteiger partial charge is 0.381 e. The minimum Gasteiger partial charge on any atom is -0.381 e. The molecule has 0 aliphatic carbocycles. The minimum atomic E-state index is 0.309. The second-order valence-electron chi connectivity index (χ2n) is 3.12. The fourth-order valence-corrected chi connectivity index (χ4v) is 1.61. The lowest BCUT2D eigenvalue weighted by molar-refractivity contribution is -0.0428. The van der Waals surface area contributed by atoms with Gasteiger partial charge in [0, 0.05) is 19.1 Å². The van der Waals surface area contributed by atoms with Crippen molar-refractivity contribution in [1.82, 2.24) is 4.90 Å². The van der Waals surface area contributed by atoms with E-state index in [4.69, 9.17) is 4.74 Å². The molecule has 1 rings (SSSR count). The summed E-state index contributed by atoms with van der Waals surface area (Å²) in [4.78, 5) is 2.32. The predicted molar refractivity (Wildman–Crippen MR) is 51.9 cm³/mol. The monoisotopic (exact) mass is 172 g/mol. The molecule has 3 atom stereocenters. The second kappa shape index (κ2) is 4.44. The zero-order valence-corrected chi connectivity index (χ0v) is 8.44. The molecule has 3 unspecified atom stereocenters. The first-order valence-electron chi connectivity index (χ1n) is 4.15. The summed E-state index contributed by atoms with van der Waals surface area (Å²) in [5.41, 5.74) is 0. The average Bonchev–Trinajstić information content (AvgIpc) is 2.03. The van der Waals surface area contributed by atoms with E-state index in [1.165, 1.54) is 0 Å². The van der Waals surface area contributed by atoms with E-state index in [1.807, 2.05) is 0 Å². The Balaban J connectivity index is 2.37. The maximum atomic E-state index is 5.74. The van der Waals surface area contributed by atoms with Gasteiger partial charge < -0.3 is 9.64 Å². The minimum absolute atomic E-state index is 0.309. The summed E-state index contributed by atoms with van der Waals surface area (Å²) in [5.74, 6) is 0. The number of likely N-dealkylation sites (N-methyl/N-ethyl adjacent to an activating group) is 1. The van der Waals surface area contributed by atoms with Crippen molar-refractivity contribution in [2.45, 2.75) is 25.5 Å². The second-order valence-corrected chi connectivity index (χ2v) is 3.50. The first-order valence-corrected chi connectivity index (χ1v) is 4.82. The van der Waals surface area contributed by atoms with Crippen LogP contribution < -0.4 is 0 Å². The molecule has 1 aliphatic heterocycles. The van der Waals surface area contributed by atoms with E-state index < -0.39 is 0 Å². The molecule has 1 radical (unpaired) electrons. The van der Waals surface area contributed by atoms with Gasteiger partial charge in [0.15, 0.2) is 7.00 Å². The molecule has 2 nitrogen and oxygen atoms in total. The number of nitrogens with zero attached hydrogens (tertiary/aromatic N) is 1. The molecule has 4 heteroatoms. The third kappa shape index (κ3) is 2.74. The number of morpholine rings is 1. The fraction of sp³-hybridized carbons (Fsp3) is 1.00. The van der Waals surface area contributed by atoms with Gasteiger partial charge in [0.05, 0.1) is 6.10 Å². The summed E-state index contributed by atoms with van der Waals surface area (Å²) in [7, 11) is 4.77. The molecule has 0 N–H and O–H groups in total. The van der Waals surface area contributed by atoms with Crippen LogP contribution in [0, 0.1) is 0 Å². The van der Waals surface area contributed by atoms with Crippen LogP contribution in [0.3, 0.4) is 0 Å². The van der Waals surface area contributed by atoms with Gasteiger partial charge in [-0.3, -0.25) is 0 Å². The zero-order valence-electron chi connectivity index (χ0n) is 7.29. The van der Waals surface area contributed by atoms with Crippen LogP contribution >= 0.6 is 9.12 Å². The summed E-state index contributed by atoms with van der Waals surface area (Å²) in [5, 5.41) is 0. The summed E-state index contributed by atoms with van der Waals surface area (Å²) >= 11 is 0. The molecule has 0 bridgehead atoms. The van der Waals surface area contributed by atoms with Crippen LogP contribution in [0.4, 0.5) is 0 Å². The predicted octanol–water partition coefficient (Wildman–Crippen LogP) is 0.547. The summed E-state index contributed by atoms with van der Waals surface area (Å²) in [6.07, 6.45) is 1.54. The molecule has 0 aromatic rings. The quantitative estimate of drug-likeness (QED) is 0.445. The Kier molecular flexibility index (Phi) is 3.84. The Bertz CT molecular complexity index is 113. The van der Waals surface area contributed by atoms with Gasteiger partial charge in [-0.1, -0.05) is 6.92 Å². The van der Waals surface area contributed by atoms with Crippen molar-refractivity contribution in [1.29, 1.82) is 0 Å². The number of rotatable bonds is 2. The lowest BCUT2D eigenvalue weighted by Gasteiger charge is -2.35. The highest BCUT2D eigenvalue weighted by Crippen LogP contribution is 2.12. The smallest absolute Gasteiger partial charge is 0.178 e. The molecular formula is C7H16BNOP. The maximum absolute atomic E-state index is 5.74. The van der Waals surface area contributed by atoms with Crippen LogP contribution in [0.2, 0.25) is 0 Å². The van der Waals surface area contributed by atoms with Gasteiger partial charge in [-0.25, -0.2) is 0 Å². The molecule has 1 saturated heterocycles. The van der Waals surface area contributed by atoms with E-state index in [9.17, 15) is 0 Å². The third-order valence-electron chi connectivity index (χ3n) is 2.04. The van der Waals surface area contributed by atoms with Gasteiger partial charge in [-0.15, -0.1) is 0 Å². The maximum Gasteiger partial charge on any atom is 0.178 e. The number of hydrogen-bond donors (Lipinski definition) is 0. The first kappa shape index (κ1) is 9.50. The Hall–Kier alpha value is 0.415. The van der Waals surface area contributed by atoms with Crippen LogP contribution in [0.15, 0.2) is 0 Å². The van der Waals surface area contributed by atoms with Crippen molar-refractivity contribution in [2.75, 3.05) is 20.1 Å². The third-order valence-corrected chi connectivity index (χ3v) is 2.47. The van der Waals surface area contributed by atoms with Gasteiger partial charge in [-0.2, -0.15) is 9.12 Å². The van der Waals surface area contributed by atoms with E-state index in [1.54, 1.807) is 0 Å². The Morgan fingerprint density at radius 3 is 2.91 bits per heavy atom. The first-order chi connectivity index (χ1) is 5.26. The Morgan fingerprint density at radius 1 is 1.64 bits per heavy atom.